The van der Waals surface area contributed by atoms with Crippen LogP contribution in [0.2, 0.25) is 0 Å². The third kappa shape index (κ3) is 3.36. The molecule has 1 aliphatic heterocycles. The van der Waals surface area contributed by atoms with Crippen molar-refractivity contribution in [2.75, 3.05) is 5.32 Å². The number of amides is 2. The number of nitrogens with one attached hydrogen (secondary N) is 2. The van der Waals surface area contributed by atoms with Crippen LogP contribution in [-0.4, -0.2) is 16.8 Å². The number of benzene rings is 2. The van der Waals surface area contributed by atoms with Gasteiger partial charge in [-0.15, -0.1) is 0 Å². The molecule has 5 nitrogen and oxygen atoms in total. The second-order valence-electron chi connectivity index (χ2n) is 6.74. The molecule has 1 aliphatic rings. The van der Waals surface area contributed by atoms with E-state index in [1.807, 2.05) is 31.2 Å². The van der Waals surface area contributed by atoms with Crippen LogP contribution in [0.15, 0.2) is 66.5 Å². The number of carbonyl (C=O) groups is 2. The molecule has 0 fully saturated rings. The predicted octanol–water partition coefficient (Wildman–Crippen LogP) is 3.81. The summed E-state index contributed by atoms with van der Waals surface area (Å²) < 4.78 is 13.7. The van der Waals surface area contributed by atoms with E-state index in [0.29, 0.717) is 16.8 Å². The SMILES string of the molecule is Cc1c(NC(=O)C2=CNC(=O)C[C@H]2c2cccc(F)c2)ccc2ncccc12. The Kier molecular flexibility index (Phi) is 4.61. The Morgan fingerprint density at radius 2 is 2.07 bits per heavy atom. The molecular formula is C22H18FN3O2. The van der Waals surface area contributed by atoms with Crippen molar-refractivity contribution in [2.24, 2.45) is 0 Å². The van der Waals surface area contributed by atoms with Crippen molar-refractivity contribution in [1.29, 1.82) is 0 Å². The van der Waals surface area contributed by atoms with Crippen molar-refractivity contribution in [3.63, 3.8) is 0 Å². The molecule has 2 N–H and O–H groups in total. The largest absolute Gasteiger partial charge is 0.332 e. The fourth-order valence-electron chi connectivity index (χ4n) is 3.49. The van der Waals surface area contributed by atoms with Gasteiger partial charge in [0.15, 0.2) is 0 Å². The zero-order valence-corrected chi connectivity index (χ0v) is 15.2. The third-order valence-electron chi connectivity index (χ3n) is 4.97. The van der Waals surface area contributed by atoms with E-state index in [0.717, 1.165) is 16.5 Å². The summed E-state index contributed by atoms with van der Waals surface area (Å²) in [6.07, 6.45) is 3.22. The van der Waals surface area contributed by atoms with Crippen LogP contribution >= 0.6 is 0 Å². The van der Waals surface area contributed by atoms with E-state index in [1.165, 1.54) is 18.3 Å². The highest BCUT2D eigenvalue weighted by atomic mass is 19.1. The Balaban J connectivity index is 1.66. The van der Waals surface area contributed by atoms with Crippen LogP contribution in [0.3, 0.4) is 0 Å². The van der Waals surface area contributed by atoms with Crippen LogP contribution in [0.4, 0.5) is 10.1 Å². The van der Waals surface area contributed by atoms with Crippen molar-refractivity contribution in [1.82, 2.24) is 10.3 Å². The number of nitrogens with zero attached hydrogens (tertiary/aromatic N) is 1. The molecule has 140 valence electrons. The number of aromatic nitrogens is 1. The van der Waals surface area contributed by atoms with Gasteiger partial charge >= 0.3 is 0 Å². The molecule has 0 bridgehead atoms. The number of pyridine rings is 1. The lowest BCUT2D eigenvalue weighted by atomic mass is 9.86. The van der Waals surface area contributed by atoms with E-state index in [-0.39, 0.29) is 18.2 Å². The smallest absolute Gasteiger partial charge is 0.253 e. The second kappa shape index (κ2) is 7.23. The summed E-state index contributed by atoms with van der Waals surface area (Å²) >= 11 is 0. The summed E-state index contributed by atoms with van der Waals surface area (Å²) in [4.78, 5) is 29.2. The molecule has 2 aromatic carbocycles. The van der Waals surface area contributed by atoms with Crippen molar-refractivity contribution >= 4 is 28.4 Å². The van der Waals surface area contributed by atoms with Crippen molar-refractivity contribution < 1.29 is 14.0 Å². The summed E-state index contributed by atoms with van der Waals surface area (Å²) in [6, 6.07) is 13.4. The Labute approximate surface area is 161 Å². The van der Waals surface area contributed by atoms with Crippen LogP contribution in [0.25, 0.3) is 10.9 Å². The lowest BCUT2D eigenvalue weighted by Gasteiger charge is -2.24. The number of fused-ring (bicyclic) bond motifs is 1. The van der Waals surface area contributed by atoms with Gasteiger partial charge < -0.3 is 10.6 Å². The zero-order valence-electron chi connectivity index (χ0n) is 15.2. The number of hydrogen-bond acceptors (Lipinski definition) is 3. The van der Waals surface area contributed by atoms with Crippen LogP contribution in [0, 0.1) is 12.7 Å². The van der Waals surface area contributed by atoms with Crippen molar-refractivity contribution in [3.05, 3.63) is 83.4 Å². The summed E-state index contributed by atoms with van der Waals surface area (Å²) in [5.74, 6) is -1.45. The minimum absolute atomic E-state index is 0.0866. The monoisotopic (exact) mass is 375 g/mol. The summed E-state index contributed by atoms with van der Waals surface area (Å²) in [5, 5.41) is 6.46. The quantitative estimate of drug-likeness (QED) is 0.731. The van der Waals surface area contributed by atoms with E-state index < -0.39 is 11.7 Å². The highest BCUT2D eigenvalue weighted by molar-refractivity contribution is 6.07. The maximum Gasteiger partial charge on any atom is 0.253 e. The van der Waals surface area contributed by atoms with Crippen LogP contribution in [0.5, 0.6) is 0 Å². The molecule has 2 heterocycles. The van der Waals surface area contributed by atoms with Crippen molar-refractivity contribution in [2.45, 2.75) is 19.3 Å². The molecule has 3 aromatic rings. The van der Waals surface area contributed by atoms with Gasteiger partial charge in [0.2, 0.25) is 5.91 Å². The average molecular weight is 375 g/mol. The molecule has 4 rings (SSSR count). The Hall–Kier alpha value is -3.54. The number of anilines is 1. The molecule has 0 radical (unpaired) electrons. The molecule has 2 amide bonds. The van der Waals surface area contributed by atoms with Gasteiger partial charge in [0.05, 0.1) is 5.52 Å². The number of halogens is 1. The third-order valence-corrected chi connectivity index (χ3v) is 4.97. The lowest BCUT2D eigenvalue weighted by Crippen LogP contribution is -2.32. The average Bonchev–Trinajstić information content (AvgIpc) is 2.70. The zero-order chi connectivity index (χ0) is 19.7. The molecule has 28 heavy (non-hydrogen) atoms. The highest BCUT2D eigenvalue weighted by Gasteiger charge is 2.29. The van der Waals surface area contributed by atoms with Gasteiger partial charge in [0.25, 0.3) is 5.91 Å². The molecule has 0 saturated heterocycles. The molecule has 0 unspecified atom stereocenters. The van der Waals surface area contributed by atoms with E-state index in [1.54, 1.807) is 18.3 Å². The summed E-state index contributed by atoms with van der Waals surface area (Å²) in [5.41, 5.74) is 3.40. The highest BCUT2D eigenvalue weighted by Crippen LogP contribution is 2.32. The van der Waals surface area contributed by atoms with E-state index in [4.69, 9.17) is 0 Å². The van der Waals surface area contributed by atoms with E-state index in [9.17, 15) is 14.0 Å². The van der Waals surface area contributed by atoms with Gasteiger partial charge in [-0.05, 0) is 48.4 Å². The maximum atomic E-state index is 13.7. The Bertz CT molecular complexity index is 1120. The topological polar surface area (TPSA) is 71.1 Å². The number of rotatable bonds is 3. The number of carbonyl (C=O) groups excluding carboxylic acids is 2. The van der Waals surface area contributed by atoms with Crippen molar-refractivity contribution in [3.8, 4) is 0 Å². The molecule has 6 heteroatoms. The fourth-order valence-corrected chi connectivity index (χ4v) is 3.49. The molecule has 0 spiro atoms. The first-order valence-corrected chi connectivity index (χ1v) is 8.93. The van der Waals surface area contributed by atoms with Gasteiger partial charge in [-0.2, -0.15) is 0 Å². The lowest BCUT2D eigenvalue weighted by molar-refractivity contribution is -0.121. The van der Waals surface area contributed by atoms with Crippen LogP contribution in [0.1, 0.15) is 23.5 Å². The van der Waals surface area contributed by atoms with Crippen LogP contribution < -0.4 is 10.6 Å². The van der Waals surface area contributed by atoms with Gasteiger partial charge in [-0.3, -0.25) is 14.6 Å². The molecule has 0 saturated carbocycles. The van der Waals surface area contributed by atoms with Crippen LogP contribution in [-0.2, 0) is 9.59 Å². The standard InChI is InChI=1S/C22H18FN3O2/c1-13-16-6-3-9-24-20(16)8-7-19(13)26-22(28)18-12-25-21(27)11-17(18)14-4-2-5-15(23)10-14/h2-10,12,17H,11H2,1H3,(H,25,27)(H,26,28)/t17-/m0/s1. The van der Waals surface area contributed by atoms with Gasteiger partial charge in [0, 0.05) is 41.4 Å². The normalized spacial score (nSPS) is 16.4. The predicted molar refractivity (Wildman–Crippen MR) is 105 cm³/mol. The first-order chi connectivity index (χ1) is 13.5. The van der Waals surface area contributed by atoms with Gasteiger partial charge in [-0.25, -0.2) is 4.39 Å². The van der Waals surface area contributed by atoms with E-state index >= 15 is 0 Å². The minimum Gasteiger partial charge on any atom is -0.332 e. The minimum atomic E-state index is -0.508. The molecule has 1 atom stereocenters. The summed E-state index contributed by atoms with van der Waals surface area (Å²) in [7, 11) is 0. The maximum absolute atomic E-state index is 13.7. The number of aryl methyl sites for hydroxylation is 1. The second-order valence-corrected chi connectivity index (χ2v) is 6.74. The number of hydrogen-bond donors (Lipinski definition) is 2. The molecular weight excluding hydrogens is 357 g/mol. The summed E-state index contributed by atoms with van der Waals surface area (Å²) in [6.45, 7) is 1.92. The Morgan fingerprint density at radius 3 is 2.89 bits per heavy atom. The van der Waals surface area contributed by atoms with Gasteiger partial charge in [-0.1, -0.05) is 18.2 Å². The first kappa shape index (κ1) is 17.9. The molecule has 0 aliphatic carbocycles. The van der Waals surface area contributed by atoms with E-state index in [2.05, 4.69) is 15.6 Å². The van der Waals surface area contributed by atoms with Gasteiger partial charge in [0.1, 0.15) is 5.82 Å². The fraction of sp³-hybridized carbons (Fsp3) is 0.136. The first-order valence-electron chi connectivity index (χ1n) is 8.93. The molecule has 1 aromatic heterocycles. The Morgan fingerprint density at radius 1 is 1.21 bits per heavy atom.